The maximum atomic E-state index is 12.3. The van der Waals surface area contributed by atoms with Crippen LogP contribution in [-0.4, -0.2) is 21.9 Å². The first-order valence-electron chi connectivity index (χ1n) is 6.16. The highest BCUT2D eigenvalue weighted by molar-refractivity contribution is 9.11. The number of halogens is 1. The molecule has 0 bridgehead atoms. The van der Waals surface area contributed by atoms with Crippen molar-refractivity contribution in [3.8, 4) is 0 Å². The summed E-state index contributed by atoms with van der Waals surface area (Å²) < 4.78 is 1.75. The second-order valence-corrected chi connectivity index (χ2v) is 8.79. The molecule has 17 heavy (non-hydrogen) atoms. The lowest BCUT2D eigenvalue weighted by Crippen LogP contribution is -2.34. The third-order valence-electron chi connectivity index (χ3n) is 3.67. The SMILES string of the molecule is CC1=C(Br)C(C)(CC2SCCCS2)C(=O)CC1. The zero-order valence-electron chi connectivity index (χ0n) is 10.4. The minimum absolute atomic E-state index is 0.260. The van der Waals surface area contributed by atoms with E-state index in [2.05, 4.69) is 29.8 Å². The van der Waals surface area contributed by atoms with Crippen LogP contribution in [0.4, 0.5) is 0 Å². The fourth-order valence-electron chi connectivity index (χ4n) is 2.47. The van der Waals surface area contributed by atoms with Gasteiger partial charge >= 0.3 is 0 Å². The van der Waals surface area contributed by atoms with Gasteiger partial charge in [0.05, 0.1) is 10.00 Å². The molecule has 0 aromatic carbocycles. The van der Waals surface area contributed by atoms with E-state index in [9.17, 15) is 4.79 Å². The first kappa shape index (κ1) is 14.0. The van der Waals surface area contributed by atoms with E-state index in [4.69, 9.17) is 0 Å². The van der Waals surface area contributed by atoms with Gasteiger partial charge in [-0.3, -0.25) is 4.79 Å². The van der Waals surface area contributed by atoms with Gasteiger partial charge in [-0.15, -0.1) is 23.5 Å². The molecule has 1 aliphatic carbocycles. The third kappa shape index (κ3) is 2.95. The van der Waals surface area contributed by atoms with Gasteiger partial charge in [0.15, 0.2) is 0 Å². The number of Topliss-reactive ketones (excluding diaryl/α,β-unsaturated/α-hetero) is 1. The zero-order chi connectivity index (χ0) is 12.5. The molecule has 0 spiro atoms. The fraction of sp³-hybridized carbons (Fsp3) is 0.769. The Bertz CT molecular complexity index is 347. The van der Waals surface area contributed by atoms with E-state index in [-0.39, 0.29) is 5.41 Å². The van der Waals surface area contributed by atoms with E-state index in [0.29, 0.717) is 10.4 Å². The molecule has 4 heteroatoms. The fourth-order valence-corrected chi connectivity index (χ4v) is 6.25. The van der Waals surface area contributed by atoms with Crippen molar-refractivity contribution in [2.45, 2.75) is 44.1 Å². The van der Waals surface area contributed by atoms with E-state index in [1.165, 1.54) is 23.5 Å². The van der Waals surface area contributed by atoms with Crippen LogP contribution in [-0.2, 0) is 4.79 Å². The number of rotatable bonds is 2. The summed E-state index contributed by atoms with van der Waals surface area (Å²) in [5.74, 6) is 2.92. The Kier molecular flexibility index (Phi) is 4.70. The molecule has 0 aromatic heterocycles. The Balaban J connectivity index is 2.15. The maximum absolute atomic E-state index is 12.3. The van der Waals surface area contributed by atoms with E-state index in [0.717, 1.165) is 23.7 Å². The Hall–Kier alpha value is 0.590. The quantitative estimate of drug-likeness (QED) is 0.733. The molecule has 0 N–H and O–H groups in total. The maximum Gasteiger partial charge on any atom is 0.144 e. The predicted molar refractivity (Wildman–Crippen MR) is 81.9 cm³/mol. The molecule has 0 amide bonds. The van der Waals surface area contributed by atoms with Crippen molar-refractivity contribution in [3.05, 3.63) is 10.1 Å². The average molecular weight is 335 g/mol. The number of thioether (sulfide) groups is 2. The summed E-state index contributed by atoms with van der Waals surface area (Å²) in [7, 11) is 0. The highest BCUT2D eigenvalue weighted by Crippen LogP contribution is 2.48. The molecule has 2 rings (SSSR count). The third-order valence-corrected chi connectivity index (χ3v) is 8.17. The van der Waals surface area contributed by atoms with Gasteiger partial charge in [-0.2, -0.15) is 0 Å². The van der Waals surface area contributed by atoms with Crippen molar-refractivity contribution < 1.29 is 4.79 Å². The molecular weight excluding hydrogens is 316 g/mol. The number of hydrogen-bond acceptors (Lipinski definition) is 3. The molecule has 1 nitrogen and oxygen atoms in total. The van der Waals surface area contributed by atoms with E-state index < -0.39 is 0 Å². The van der Waals surface area contributed by atoms with Crippen LogP contribution in [0.5, 0.6) is 0 Å². The molecule has 1 unspecified atom stereocenters. The standard InChI is InChI=1S/C13H19BrOS2/c1-9-4-5-10(15)13(2,12(9)14)8-11-16-6-3-7-17-11/h11H,3-8H2,1-2H3. The van der Waals surface area contributed by atoms with Gasteiger partial charge in [0.25, 0.3) is 0 Å². The molecule has 1 heterocycles. The van der Waals surface area contributed by atoms with Gasteiger partial charge in [0.2, 0.25) is 0 Å². The van der Waals surface area contributed by atoms with Crippen LogP contribution >= 0.6 is 39.5 Å². The zero-order valence-corrected chi connectivity index (χ0v) is 13.6. The lowest BCUT2D eigenvalue weighted by atomic mass is 9.75. The molecule has 0 saturated carbocycles. The van der Waals surface area contributed by atoms with Crippen molar-refractivity contribution in [1.82, 2.24) is 0 Å². The van der Waals surface area contributed by atoms with E-state index in [1.54, 1.807) is 0 Å². The van der Waals surface area contributed by atoms with Crippen LogP contribution in [0.1, 0.15) is 39.5 Å². The van der Waals surface area contributed by atoms with Gasteiger partial charge in [-0.05, 0) is 44.6 Å². The van der Waals surface area contributed by atoms with Crippen molar-refractivity contribution >= 4 is 45.2 Å². The number of allylic oxidation sites excluding steroid dienone is 2. The molecule has 1 atom stereocenters. The molecule has 1 fully saturated rings. The first-order valence-corrected chi connectivity index (χ1v) is 9.05. The first-order chi connectivity index (χ1) is 8.04. The number of hydrogen-bond donors (Lipinski definition) is 0. The van der Waals surface area contributed by atoms with Gasteiger partial charge in [0, 0.05) is 10.9 Å². The molecule has 0 radical (unpaired) electrons. The van der Waals surface area contributed by atoms with Crippen LogP contribution in [0.15, 0.2) is 10.1 Å². The minimum Gasteiger partial charge on any atom is -0.299 e. The van der Waals surface area contributed by atoms with Crippen molar-refractivity contribution in [2.24, 2.45) is 5.41 Å². The topological polar surface area (TPSA) is 17.1 Å². The van der Waals surface area contributed by atoms with Gasteiger partial charge in [-0.1, -0.05) is 21.5 Å². The van der Waals surface area contributed by atoms with Crippen molar-refractivity contribution in [1.29, 1.82) is 0 Å². The molecule has 2 aliphatic rings. The van der Waals surface area contributed by atoms with Gasteiger partial charge in [0.1, 0.15) is 5.78 Å². The van der Waals surface area contributed by atoms with Gasteiger partial charge in [-0.25, -0.2) is 0 Å². The lowest BCUT2D eigenvalue weighted by molar-refractivity contribution is -0.126. The molecule has 0 aromatic rings. The smallest absolute Gasteiger partial charge is 0.144 e. The number of carbonyl (C=O) groups is 1. The molecule has 96 valence electrons. The Morgan fingerprint density at radius 3 is 2.65 bits per heavy atom. The average Bonchev–Trinajstić information content (AvgIpc) is 2.34. The molecule has 1 saturated heterocycles. The monoisotopic (exact) mass is 334 g/mol. The molecular formula is C13H19BrOS2. The van der Waals surface area contributed by atoms with Crippen molar-refractivity contribution in [3.63, 3.8) is 0 Å². The van der Waals surface area contributed by atoms with Crippen LogP contribution in [0.3, 0.4) is 0 Å². The Morgan fingerprint density at radius 2 is 2.00 bits per heavy atom. The highest BCUT2D eigenvalue weighted by atomic mass is 79.9. The van der Waals surface area contributed by atoms with Crippen LogP contribution < -0.4 is 0 Å². The summed E-state index contributed by atoms with van der Waals surface area (Å²) in [4.78, 5) is 12.3. The van der Waals surface area contributed by atoms with Crippen molar-refractivity contribution in [2.75, 3.05) is 11.5 Å². The van der Waals surface area contributed by atoms with Crippen LogP contribution in [0.25, 0.3) is 0 Å². The Morgan fingerprint density at radius 1 is 1.35 bits per heavy atom. The van der Waals surface area contributed by atoms with E-state index in [1.807, 2.05) is 23.5 Å². The number of carbonyl (C=O) groups excluding carboxylic acids is 1. The number of ketones is 1. The molecule has 1 aliphatic heterocycles. The summed E-state index contributed by atoms with van der Waals surface area (Å²) in [6.07, 6.45) is 3.95. The van der Waals surface area contributed by atoms with E-state index >= 15 is 0 Å². The summed E-state index contributed by atoms with van der Waals surface area (Å²) in [5, 5.41) is 0. The summed E-state index contributed by atoms with van der Waals surface area (Å²) in [6.45, 7) is 4.27. The highest BCUT2D eigenvalue weighted by Gasteiger charge is 2.41. The van der Waals surface area contributed by atoms with Crippen LogP contribution in [0, 0.1) is 5.41 Å². The second-order valence-electron chi connectivity index (χ2n) is 5.08. The summed E-state index contributed by atoms with van der Waals surface area (Å²) >= 11 is 7.74. The predicted octanol–water partition coefficient (Wildman–Crippen LogP) is 4.61. The summed E-state index contributed by atoms with van der Waals surface area (Å²) in [5.41, 5.74) is 1.10. The lowest BCUT2D eigenvalue weighted by Gasteiger charge is -2.36. The minimum atomic E-state index is -0.260. The Labute approximate surface area is 121 Å². The summed E-state index contributed by atoms with van der Waals surface area (Å²) in [6, 6.07) is 0. The van der Waals surface area contributed by atoms with Crippen LogP contribution in [0.2, 0.25) is 0 Å². The van der Waals surface area contributed by atoms with Gasteiger partial charge < -0.3 is 0 Å². The second kappa shape index (κ2) is 5.70. The normalized spacial score (nSPS) is 32.1. The largest absolute Gasteiger partial charge is 0.299 e.